The van der Waals surface area contributed by atoms with E-state index in [0.29, 0.717) is 30.1 Å². The monoisotopic (exact) mass is 377 g/mol. The van der Waals surface area contributed by atoms with Crippen molar-refractivity contribution >= 4 is 11.4 Å². The molecule has 4 rings (SSSR count). The lowest BCUT2D eigenvalue weighted by atomic mass is 10.2. The van der Waals surface area contributed by atoms with Crippen molar-refractivity contribution in [2.75, 3.05) is 6.54 Å². The lowest BCUT2D eigenvalue weighted by molar-refractivity contribution is 0.0949. The van der Waals surface area contributed by atoms with Gasteiger partial charge in [0, 0.05) is 24.0 Å². The molecule has 3 aromatic heterocycles. The molecule has 1 aromatic carbocycles. The van der Waals surface area contributed by atoms with E-state index in [1.807, 2.05) is 53.4 Å². The third-order valence-electron chi connectivity index (χ3n) is 4.58. The number of carbonyl (C=O) groups is 1. The molecule has 28 heavy (non-hydrogen) atoms. The second kappa shape index (κ2) is 7.26. The lowest BCUT2D eigenvalue weighted by Crippen LogP contribution is -2.28. The molecule has 0 radical (unpaired) electrons. The summed E-state index contributed by atoms with van der Waals surface area (Å²) < 4.78 is 17.0. The first-order valence-electron chi connectivity index (χ1n) is 9.05. The molecule has 7 heteroatoms. The van der Waals surface area contributed by atoms with Crippen LogP contribution in [0.3, 0.4) is 0 Å². The van der Waals surface area contributed by atoms with Gasteiger partial charge in [0.1, 0.15) is 11.6 Å². The number of imidazole rings is 1. The molecule has 0 aliphatic carbocycles. The van der Waals surface area contributed by atoms with Crippen LogP contribution in [-0.4, -0.2) is 31.6 Å². The summed E-state index contributed by atoms with van der Waals surface area (Å²) in [7, 11) is 0. The average Bonchev–Trinajstić information content (AvgIpc) is 3.22. The molecule has 0 aliphatic heterocycles. The zero-order valence-electron chi connectivity index (χ0n) is 15.7. The highest BCUT2D eigenvalue weighted by molar-refractivity contribution is 6.00. The second-order valence-corrected chi connectivity index (χ2v) is 6.65. The summed E-state index contributed by atoms with van der Waals surface area (Å²) in [4.78, 5) is 17.3. The summed E-state index contributed by atoms with van der Waals surface area (Å²) in [6.45, 7) is 4.95. The van der Waals surface area contributed by atoms with Crippen LogP contribution >= 0.6 is 0 Å². The van der Waals surface area contributed by atoms with E-state index >= 15 is 0 Å². The lowest BCUT2D eigenvalue weighted by Gasteiger charge is -2.06. The number of aryl methyl sites for hydroxylation is 2. The molecule has 3 heterocycles. The second-order valence-electron chi connectivity index (χ2n) is 6.65. The van der Waals surface area contributed by atoms with Crippen LogP contribution in [0.2, 0.25) is 0 Å². The summed E-state index contributed by atoms with van der Waals surface area (Å²) in [6, 6.07) is 13.6. The molecular weight excluding hydrogens is 357 g/mol. The minimum Gasteiger partial charge on any atom is -0.349 e. The van der Waals surface area contributed by atoms with Crippen molar-refractivity contribution in [3.05, 3.63) is 77.6 Å². The molecule has 0 unspecified atom stereocenters. The number of amides is 1. The zero-order valence-corrected chi connectivity index (χ0v) is 15.7. The van der Waals surface area contributed by atoms with Crippen molar-refractivity contribution < 1.29 is 9.18 Å². The standard InChI is InChI=1S/C21H20FN5O/c1-14-13-15(2)27(25-14)12-10-23-21(28)19-18-5-3-4-11-26(18)20(24-19)16-6-8-17(22)9-7-16/h3-9,11,13H,10,12H2,1-2H3,(H,23,28). The van der Waals surface area contributed by atoms with Gasteiger partial charge in [0.15, 0.2) is 5.69 Å². The van der Waals surface area contributed by atoms with E-state index in [0.717, 1.165) is 17.0 Å². The van der Waals surface area contributed by atoms with Crippen LogP contribution in [0.4, 0.5) is 4.39 Å². The Morgan fingerprint density at radius 3 is 2.64 bits per heavy atom. The Kier molecular flexibility index (Phi) is 4.65. The molecule has 6 nitrogen and oxygen atoms in total. The fourth-order valence-corrected chi connectivity index (χ4v) is 3.27. The van der Waals surface area contributed by atoms with Crippen LogP contribution in [0.25, 0.3) is 16.9 Å². The van der Waals surface area contributed by atoms with Gasteiger partial charge < -0.3 is 5.32 Å². The Hall–Kier alpha value is -3.48. The Morgan fingerprint density at radius 2 is 1.93 bits per heavy atom. The summed E-state index contributed by atoms with van der Waals surface area (Å²) in [6.07, 6.45) is 1.84. The first kappa shape index (κ1) is 17.9. The minimum absolute atomic E-state index is 0.251. The maximum absolute atomic E-state index is 13.3. The Morgan fingerprint density at radius 1 is 1.14 bits per heavy atom. The molecule has 1 N–H and O–H groups in total. The summed E-state index contributed by atoms with van der Waals surface area (Å²) in [5, 5.41) is 7.31. The third kappa shape index (κ3) is 3.38. The molecule has 0 bridgehead atoms. The minimum atomic E-state index is -0.313. The van der Waals surface area contributed by atoms with Gasteiger partial charge in [0.05, 0.1) is 17.8 Å². The van der Waals surface area contributed by atoms with Crippen LogP contribution in [0, 0.1) is 19.7 Å². The molecule has 1 amide bonds. The SMILES string of the molecule is Cc1cc(C)n(CCNC(=O)c2nc(-c3ccc(F)cc3)n3ccccc23)n1. The van der Waals surface area contributed by atoms with Crippen LogP contribution in [-0.2, 0) is 6.54 Å². The van der Waals surface area contributed by atoms with Crippen molar-refractivity contribution in [3.63, 3.8) is 0 Å². The normalized spacial score (nSPS) is 11.1. The number of fused-ring (bicyclic) bond motifs is 1. The fraction of sp³-hybridized carbons (Fsp3) is 0.190. The van der Waals surface area contributed by atoms with E-state index in [-0.39, 0.29) is 11.7 Å². The van der Waals surface area contributed by atoms with Crippen molar-refractivity contribution in [1.82, 2.24) is 24.5 Å². The van der Waals surface area contributed by atoms with Gasteiger partial charge in [0.2, 0.25) is 0 Å². The number of hydrogen-bond acceptors (Lipinski definition) is 3. The van der Waals surface area contributed by atoms with Gasteiger partial charge in [0.25, 0.3) is 5.91 Å². The number of aromatic nitrogens is 4. The molecule has 0 aliphatic rings. The number of rotatable bonds is 5. The largest absolute Gasteiger partial charge is 0.349 e. The van der Waals surface area contributed by atoms with E-state index in [1.165, 1.54) is 12.1 Å². The number of benzene rings is 1. The maximum Gasteiger partial charge on any atom is 0.272 e. The summed E-state index contributed by atoms with van der Waals surface area (Å²) in [5.74, 6) is 0.0321. The number of hydrogen-bond donors (Lipinski definition) is 1. The fourth-order valence-electron chi connectivity index (χ4n) is 3.27. The molecule has 0 saturated heterocycles. The molecule has 0 spiro atoms. The van der Waals surface area contributed by atoms with Gasteiger partial charge >= 0.3 is 0 Å². The molecule has 0 fully saturated rings. The Bertz CT molecular complexity index is 1140. The number of nitrogens with one attached hydrogen (secondary N) is 1. The predicted molar refractivity (Wildman–Crippen MR) is 105 cm³/mol. The highest BCUT2D eigenvalue weighted by Crippen LogP contribution is 2.23. The van der Waals surface area contributed by atoms with E-state index in [2.05, 4.69) is 15.4 Å². The molecule has 4 aromatic rings. The first-order chi connectivity index (χ1) is 13.5. The van der Waals surface area contributed by atoms with Gasteiger partial charge in [-0.2, -0.15) is 5.10 Å². The topological polar surface area (TPSA) is 64.2 Å². The number of carbonyl (C=O) groups excluding carboxylic acids is 1. The molecular formula is C21H20FN5O. The van der Waals surface area contributed by atoms with Crippen molar-refractivity contribution in [3.8, 4) is 11.4 Å². The number of halogens is 1. The predicted octanol–water partition coefficient (Wildman–Crippen LogP) is 3.38. The Labute approximate surface area is 161 Å². The van der Waals surface area contributed by atoms with Gasteiger partial charge in [-0.25, -0.2) is 9.37 Å². The summed E-state index contributed by atoms with van der Waals surface area (Å²) >= 11 is 0. The van der Waals surface area contributed by atoms with Crippen molar-refractivity contribution in [1.29, 1.82) is 0 Å². The molecule has 142 valence electrons. The smallest absolute Gasteiger partial charge is 0.272 e. The highest BCUT2D eigenvalue weighted by Gasteiger charge is 2.18. The number of pyridine rings is 1. The van der Waals surface area contributed by atoms with Crippen LogP contribution in [0.15, 0.2) is 54.7 Å². The van der Waals surface area contributed by atoms with E-state index in [4.69, 9.17) is 0 Å². The number of nitrogens with zero attached hydrogens (tertiary/aromatic N) is 4. The molecule has 0 saturated carbocycles. The zero-order chi connectivity index (χ0) is 19.7. The third-order valence-corrected chi connectivity index (χ3v) is 4.58. The quantitative estimate of drug-likeness (QED) is 0.580. The van der Waals surface area contributed by atoms with Crippen LogP contribution in [0.5, 0.6) is 0 Å². The van der Waals surface area contributed by atoms with Gasteiger partial charge in [-0.1, -0.05) is 6.07 Å². The van der Waals surface area contributed by atoms with E-state index < -0.39 is 0 Å². The van der Waals surface area contributed by atoms with Gasteiger partial charge in [-0.05, 0) is 56.3 Å². The van der Waals surface area contributed by atoms with Crippen LogP contribution in [0.1, 0.15) is 21.9 Å². The maximum atomic E-state index is 13.3. The highest BCUT2D eigenvalue weighted by atomic mass is 19.1. The van der Waals surface area contributed by atoms with Crippen molar-refractivity contribution in [2.45, 2.75) is 20.4 Å². The van der Waals surface area contributed by atoms with Gasteiger partial charge in [-0.3, -0.25) is 13.9 Å². The first-order valence-corrected chi connectivity index (χ1v) is 9.05. The van der Waals surface area contributed by atoms with Crippen LogP contribution < -0.4 is 5.32 Å². The van der Waals surface area contributed by atoms with E-state index in [1.54, 1.807) is 12.1 Å². The van der Waals surface area contributed by atoms with E-state index in [9.17, 15) is 9.18 Å². The average molecular weight is 377 g/mol. The molecule has 0 atom stereocenters. The Balaban J connectivity index is 1.58. The summed E-state index contributed by atoms with van der Waals surface area (Å²) in [5.41, 5.74) is 3.79. The van der Waals surface area contributed by atoms with Gasteiger partial charge in [-0.15, -0.1) is 0 Å². The van der Waals surface area contributed by atoms with Crippen molar-refractivity contribution in [2.24, 2.45) is 0 Å².